The van der Waals surface area contributed by atoms with Crippen molar-refractivity contribution in [3.8, 4) is 11.4 Å². The second kappa shape index (κ2) is 5.96. The van der Waals surface area contributed by atoms with Crippen LogP contribution in [0.2, 0.25) is 0 Å². The first-order valence-corrected chi connectivity index (χ1v) is 7.46. The topological polar surface area (TPSA) is 43.6 Å². The molecule has 0 radical (unpaired) electrons. The van der Waals surface area contributed by atoms with Gasteiger partial charge in [0.25, 0.3) is 0 Å². The van der Waals surface area contributed by atoms with E-state index in [9.17, 15) is 0 Å². The molecule has 3 rings (SSSR count). The molecule has 0 saturated heterocycles. The maximum Gasteiger partial charge on any atom is 0.182 e. The molecule has 1 unspecified atom stereocenters. The summed E-state index contributed by atoms with van der Waals surface area (Å²) >= 11 is 3.56. The van der Waals surface area contributed by atoms with Gasteiger partial charge in [-0.1, -0.05) is 76.6 Å². The third-order valence-electron chi connectivity index (χ3n) is 3.15. The van der Waals surface area contributed by atoms with Crippen molar-refractivity contribution in [3.63, 3.8) is 0 Å². The van der Waals surface area contributed by atoms with Crippen LogP contribution < -0.4 is 0 Å². The van der Waals surface area contributed by atoms with Crippen molar-refractivity contribution in [2.45, 2.75) is 6.04 Å². The highest BCUT2D eigenvalue weighted by Gasteiger charge is 2.18. The van der Waals surface area contributed by atoms with Crippen molar-refractivity contribution in [2.75, 3.05) is 5.33 Å². The Labute approximate surface area is 125 Å². The Morgan fingerprint density at radius 2 is 1.60 bits per heavy atom. The Morgan fingerprint density at radius 3 is 2.25 bits per heavy atom. The van der Waals surface area contributed by atoms with Crippen molar-refractivity contribution in [2.24, 2.45) is 0 Å². The molecule has 1 atom stereocenters. The number of hydrogen-bond acceptors (Lipinski definition) is 3. The fourth-order valence-corrected chi connectivity index (χ4v) is 2.80. The molecule has 2 aromatic carbocycles. The number of benzene rings is 2. The van der Waals surface area contributed by atoms with Gasteiger partial charge in [0.05, 0.1) is 6.04 Å². The van der Waals surface area contributed by atoms with Crippen LogP contribution in [0.3, 0.4) is 0 Å². The molecule has 0 N–H and O–H groups in total. The summed E-state index contributed by atoms with van der Waals surface area (Å²) in [5.74, 6) is 0.777. The van der Waals surface area contributed by atoms with E-state index in [0.29, 0.717) is 0 Å². The van der Waals surface area contributed by atoms with E-state index < -0.39 is 0 Å². The predicted octanol–water partition coefficient (Wildman–Crippen LogP) is 3.32. The molecule has 4 nitrogen and oxygen atoms in total. The second-order valence-corrected chi connectivity index (χ2v) is 5.04. The summed E-state index contributed by atoms with van der Waals surface area (Å²) in [4.78, 5) is 0. The van der Waals surface area contributed by atoms with Crippen molar-refractivity contribution in [1.82, 2.24) is 20.2 Å². The summed E-state index contributed by atoms with van der Waals surface area (Å²) < 4.78 is 1.86. The van der Waals surface area contributed by atoms with Crippen molar-refractivity contribution >= 4 is 15.9 Å². The molecular formula is C15H13BrN4. The highest BCUT2D eigenvalue weighted by molar-refractivity contribution is 9.09. The van der Waals surface area contributed by atoms with Crippen LogP contribution in [0.25, 0.3) is 11.4 Å². The predicted molar refractivity (Wildman–Crippen MR) is 81.6 cm³/mol. The Hall–Kier alpha value is -2.01. The summed E-state index contributed by atoms with van der Waals surface area (Å²) in [6.45, 7) is 0. The Kier molecular flexibility index (Phi) is 3.87. The number of aromatic nitrogens is 4. The minimum atomic E-state index is 0.0707. The van der Waals surface area contributed by atoms with Gasteiger partial charge in [-0.2, -0.15) is 0 Å². The standard InChI is InChI=1S/C15H13BrN4/c16-11-14(12-7-3-1-4-8-12)20-15(17-18-19-20)13-9-5-2-6-10-13/h1-10,14H,11H2. The summed E-state index contributed by atoms with van der Waals surface area (Å²) in [6, 6.07) is 20.3. The van der Waals surface area contributed by atoms with Gasteiger partial charge in [-0.15, -0.1) is 5.10 Å². The minimum Gasteiger partial charge on any atom is -0.217 e. The third kappa shape index (κ3) is 2.49. The van der Waals surface area contributed by atoms with Gasteiger partial charge >= 0.3 is 0 Å². The largest absolute Gasteiger partial charge is 0.217 e. The lowest BCUT2D eigenvalue weighted by Crippen LogP contribution is -2.15. The van der Waals surface area contributed by atoms with E-state index in [1.807, 2.05) is 53.2 Å². The Morgan fingerprint density at radius 1 is 0.950 bits per heavy atom. The fourth-order valence-electron chi connectivity index (χ4n) is 2.15. The number of hydrogen-bond donors (Lipinski definition) is 0. The van der Waals surface area contributed by atoms with Gasteiger partial charge in [0, 0.05) is 10.9 Å². The zero-order valence-corrected chi connectivity index (χ0v) is 12.3. The van der Waals surface area contributed by atoms with Gasteiger partial charge in [0.15, 0.2) is 5.82 Å². The average molecular weight is 329 g/mol. The molecule has 0 fully saturated rings. The average Bonchev–Trinajstić information content (AvgIpc) is 2.99. The molecule has 0 aliphatic rings. The molecule has 0 amide bonds. The minimum absolute atomic E-state index is 0.0707. The number of nitrogens with zero attached hydrogens (tertiary/aromatic N) is 4. The van der Waals surface area contributed by atoms with E-state index in [4.69, 9.17) is 0 Å². The summed E-state index contributed by atoms with van der Waals surface area (Å²) in [5, 5.41) is 12.9. The van der Waals surface area contributed by atoms with Crippen LogP contribution in [-0.4, -0.2) is 25.5 Å². The SMILES string of the molecule is BrCC(c1ccccc1)n1nnnc1-c1ccccc1. The quantitative estimate of drug-likeness (QED) is 0.690. The van der Waals surface area contributed by atoms with Gasteiger partial charge in [-0.25, -0.2) is 4.68 Å². The van der Waals surface area contributed by atoms with E-state index in [0.717, 1.165) is 16.7 Å². The molecule has 3 aromatic rings. The molecular weight excluding hydrogens is 316 g/mol. The first kappa shape index (κ1) is 13.0. The molecule has 0 aliphatic heterocycles. The number of halogens is 1. The molecule has 0 bridgehead atoms. The summed E-state index contributed by atoms with van der Waals surface area (Å²) in [6.07, 6.45) is 0. The lowest BCUT2D eigenvalue weighted by Gasteiger charge is -2.16. The number of tetrazole rings is 1. The monoisotopic (exact) mass is 328 g/mol. The summed E-state index contributed by atoms with van der Waals surface area (Å²) in [5.41, 5.74) is 2.19. The first-order chi connectivity index (χ1) is 9.90. The highest BCUT2D eigenvalue weighted by Crippen LogP contribution is 2.25. The summed E-state index contributed by atoms with van der Waals surface area (Å²) in [7, 11) is 0. The molecule has 1 heterocycles. The molecule has 5 heteroatoms. The Bertz CT molecular complexity index is 667. The molecule has 0 saturated carbocycles. The van der Waals surface area contributed by atoms with E-state index in [1.165, 1.54) is 5.56 Å². The van der Waals surface area contributed by atoms with Crippen molar-refractivity contribution in [1.29, 1.82) is 0 Å². The third-order valence-corrected chi connectivity index (χ3v) is 3.76. The highest BCUT2D eigenvalue weighted by atomic mass is 79.9. The molecule has 0 spiro atoms. The van der Waals surface area contributed by atoms with Crippen LogP contribution in [0, 0.1) is 0 Å². The normalized spacial score (nSPS) is 12.2. The molecule has 1 aromatic heterocycles. The zero-order valence-electron chi connectivity index (χ0n) is 10.7. The van der Waals surface area contributed by atoms with Gasteiger partial charge in [0.2, 0.25) is 0 Å². The maximum absolute atomic E-state index is 4.17. The van der Waals surface area contributed by atoms with E-state index in [1.54, 1.807) is 0 Å². The van der Waals surface area contributed by atoms with Gasteiger partial charge in [-0.3, -0.25) is 0 Å². The number of alkyl halides is 1. The fraction of sp³-hybridized carbons (Fsp3) is 0.133. The smallest absolute Gasteiger partial charge is 0.182 e. The van der Waals surface area contributed by atoms with Crippen molar-refractivity contribution in [3.05, 3.63) is 66.2 Å². The van der Waals surface area contributed by atoms with Crippen LogP contribution in [0.4, 0.5) is 0 Å². The van der Waals surface area contributed by atoms with E-state index in [2.05, 4.69) is 43.6 Å². The molecule has 0 aliphatic carbocycles. The van der Waals surface area contributed by atoms with Gasteiger partial charge in [0.1, 0.15) is 0 Å². The first-order valence-electron chi connectivity index (χ1n) is 6.34. The Balaban J connectivity index is 2.04. The maximum atomic E-state index is 4.17. The lowest BCUT2D eigenvalue weighted by atomic mass is 10.1. The van der Waals surface area contributed by atoms with Crippen LogP contribution >= 0.6 is 15.9 Å². The van der Waals surface area contributed by atoms with E-state index >= 15 is 0 Å². The van der Waals surface area contributed by atoms with E-state index in [-0.39, 0.29) is 6.04 Å². The van der Waals surface area contributed by atoms with Crippen LogP contribution in [-0.2, 0) is 0 Å². The van der Waals surface area contributed by atoms with Crippen molar-refractivity contribution < 1.29 is 0 Å². The van der Waals surface area contributed by atoms with Gasteiger partial charge < -0.3 is 0 Å². The van der Waals surface area contributed by atoms with Crippen LogP contribution in [0.5, 0.6) is 0 Å². The number of rotatable bonds is 4. The van der Waals surface area contributed by atoms with Crippen LogP contribution in [0.1, 0.15) is 11.6 Å². The zero-order chi connectivity index (χ0) is 13.8. The molecule has 20 heavy (non-hydrogen) atoms. The van der Waals surface area contributed by atoms with Gasteiger partial charge in [-0.05, 0) is 16.0 Å². The van der Waals surface area contributed by atoms with Crippen LogP contribution in [0.15, 0.2) is 60.7 Å². The second-order valence-electron chi connectivity index (χ2n) is 4.39. The lowest BCUT2D eigenvalue weighted by molar-refractivity contribution is 0.557. The molecule has 100 valence electrons.